The fraction of sp³-hybridized carbons (Fsp3) is 0.500. The number of fused-ring (bicyclic) bond motifs is 3. The van der Waals surface area contributed by atoms with Gasteiger partial charge in [-0.1, -0.05) is 75.9 Å². The summed E-state index contributed by atoms with van der Waals surface area (Å²) in [6, 6.07) is 16.3. The summed E-state index contributed by atoms with van der Waals surface area (Å²) in [6.45, 7) is 4.06. The third-order valence-corrected chi connectivity index (χ3v) is 10.2. The molecular formula is C38H46N4O6. The van der Waals surface area contributed by atoms with Crippen LogP contribution in [0.3, 0.4) is 0 Å². The molecule has 1 aromatic heterocycles. The highest BCUT2D eigenvalue weighted by atomic mass is 16.5. The van der Waals surface area contributed by atoms with Crippen molar-refractivity contribution in [3.63, 3.8) is 0 Å². The first-order valence-corrected chi connectivity index (χ1v) is 17.5. The van der Waals surface area contributed by atoms with Gasteiger partial charge in [0.1, 0.15) is 29.5 Å². The van der Waals surface area contributed by atoms with Crippen LogP contribution in [-0.2, 0) is 25.6 Å². The monoisotopic (exact) mass is 654 g/mol. The highest BCUT2D eigenvalue weighted by Gasteiger charge is 2.61. The number of nitrogens with zero attached hydrogens (tertiary/aromatic N) is 2. The van der Waals surface area contributed by atoms with Gasteiger partial charge >= 0.3 is 5.97 Å². The van der Waals surface area contributed by atoms with E-state index < -0.39 is 35.6 Å². The summed E-state index contributed by atoms with van der Waals surface area (Å²) in [4.78, 5) is 60.0. The van der Waals surface area contributed by atoms with Crippen LogP contribution in [0.5, 0.6) is 5.75 Å². The van der Waals surface area contributed by atoms with Crippen LogP contribution in [0.2, 0.25) is 0 Å². The van der Waals surface area contributed by atoms with E-state index in [-0.39, 0.29) is 30.7 Å². The number of carboxylic acid groups (broad SMARTS) is 1. The van der Waals surface area contributed by atoms with Crippen molar-refractivity contribution in [1.29, 1.82) is 0 Å². The van der Waals surface area contributed by atoms with Gasteiger partial charge in [-0.2, -0.15) is 0 Å². The number of hydrogen-bond acceptors (Lipinski definition) is 6. The van der Waals surface area contributed by atoms with E-state index in [0.29, 0.717) is 37.9 Å². The van der Waals surface area contributed by atoms with Crippen molar-refractivity contribution in [1.82, 2.24) is 20.5 Å². The molecule has 0 unspecified atom stereocenters. The molecule has 3 aliphatic rings. The topological polar surface area (TPSA) is 138 Å². The molecule has 3 aromatic rings. The summed E-state index contributed by atoms with van der Waals surface area (Å²) in [5.74, 6) is -1.63. The molecule has 48 heavy (non-hydrogen) atoms. The van der Waals surface area contributed by atoms with Crippen molar-refractivity contribution in [2.45, 2.75) is 108 Å². The molecule has 1 saturated carbocycles. The van der Waals surface area contributed by atoms with Crippen LogP contribution < -0.4 is 15.4 Å². The first-order chi connectivity index (χ1) is 23.2. The van der Waals surface area contributed by atoms with Gasteiger partial charge in [0.15, 0.2) is 0 Å². The Balaban J connectivity index is 1.38. The zero-order valence-corrected chi connectivity index (χ0v) is 27.9. The van der Waals surface area contributed by atoms with Crippen LogP contribution in [-0.4, -0.2) is 69.0 Å². The van der Waals surface area contributed by atoms with Crippen LogP contribution >= 0.6 is 0 Å². The van der Waals surface area contributed by atoms with Crippen molar-refractivity contribution in [2.75, 3.05) is 6.54 Å². The molecule has 1 aliphatic carbocycles. The number of nitrogens with one attached hydrogen (secondary N) is 2. The van der Waals surface area contributed by atoms with E-state index in [0.717, 1.165) is 59.8 Å². The Bertz CT molecular complexity index is 1680. The van der Waals surface area contributed by atoms with Gasteiger partial charge in [0.25, 0.3) is 0 Å². The molecule has 2 aromatic carbocycles. The first kappa shape index (κ1) is 33.4. The molecule has 3 amide bonds. The second-order valence-corrected chi connectivity index (χ2v) is 13.6. The normalized spacial score (nSPS) is 26.1. The predicted molar refractivity (Wildman–Crippen MR) is 182 cm³/mol. The summed E-state index contributed by atoms with van der Waals surface area (Å²) >= 11 is 0. The zero-order valence-electron chi connectivity index (χ0n) is 27.9. The number of carbonyl (C=O) groups excluding carboxylic acids is 3. The number of hydrogen-bond donors (Lipinski definition) is 3. The average Bonchev–Trinajstić information content (AvgIpc) is 3.65. The van der Waals surface area contributed by atoms with Crippen molar-refractivity contribution in [3.05, 3.63) is 60.2 Å². The van der Waals surface area contributed by atoms with Crippen LogP contribution in [0.1, 0.15) is 83.6 Å². The van der Waals surface area contributed by atoms with Gasteiger partial charge in [-0.15, -0.1) is 0 Å². The number of aryl methyl sites for hydroxylation is 1. The van der Waals surface area contributed by atoms with Gasteiger partial charge < -0.3 is 25.4 Å². The van der Waals surface area contributed by atoms with Gasteiger partial charge in [-0.05, 0) is 55.7 Å². The number of aromatic nitrogens is 1. The van der Waals surface area contributed by atoms with Crippen LogP contribution in [0, 0.1) is 5.92 Å². The lowest BCUT2D eigenvalue weighted by Gasteiger charge is -2.29. The fourth-order valence-corrected chi connectivity index (χ4v) is 7.32. The summed E-state index contributed by atoms with van der Waals surface area (Å²) in [7, 11) is 0. The molecule has 254 valence electrons. The lowest BCUT2D eigenvalue weighted by molar-refractivity contribution is -0.146. The SMILES string of the molecule is CCCC[C@@H]1NC(=O)CCCCCc2ccc3nc(-c4ccccc4)cc(c3c2)O[C@@H]2C[C@@H](C(=O)N[C@]3(C(=O)O)C[C@@H]3CC)N(C2)C1=O. The van der Waals surface area contributed by atoms with Gasteiger partial charge in [0.2, 0.25) is 17.7 Å². The van der Waals surface area contributed by atoms with Gasteiger partial charge in [-0.25, -0.2) is 9.78 Å². The van der Waals surface area contributed by atoms with E-state index in [1.54, 1.807) is 0 Å². The lowest BCUT2D eigenvalue weighted by atomic mass is 10.0. The zero-order chi connectivity index (χ0) is 33.8. The predicted octanol–water partition coefficient (Wildman–Crippen LogP) is 5.41. The summed E-state index contributed by atoms with van der Waals surface area (Å²) < 4.78 is 6.74. The number of carbonyl (C=O) groups is 4. The van der Waals surface area contributed by atoms with Crippen LogP contribution in [0.15, 0.2) is 54.6 Å². The molecule has 6 rings (SSSR count). The Hall–Kier alpha value is -4.47. The maximum Gasteiger partial charge on any atom is 0.329 e. The number of benzene rings is 2. The summed E-state index contributed by atoms with van der Waals surface area (Å²) in [5, 5.41) is 16.7. The molecule has 2 fully saturated rings. The standard InChI is InChI=1S/C38H46N4O6/c1-3-5-15-30-36(45)42-23-27(20-32(42)35(44)41-38(37(46)47)22-26(38)4-2)48-33-21-31(25-13-9-7-10-14-25)39-29-18-17-24(19-28(29)33)12-8-6-11-16-34(43)40-30/h7,9-10,13-14,17-19,21,26-27,30,32H,3-6,8,11-12,15-16,20,22-23H2,1-2H3,(H,40,43)(H,41,44)(H,46,47)/t26-,27+,30-,32-,38+/m0/s1. The van der Waals surface area contributed by atoms with E-state index in [4.69, 9.17) is 9.72 Å². The fourth-order valence-electron chi connectivity index (χ4n) is 7.32. The Labute approximate surface area is 281 Å². The van der Waals surface area contributed by atoms with E-state index in [9.17, 15) is 24.3 Å². The van der Waals surface area contributed by atoms with Crippen molar-refractivity contribution >= 4 is 34.6 Å². The number of aliphatic carboxylic acids is 1. The number of pyridine rings is 1. The maximum absolute atomic E-state index is 14.3. The van der Waals surface area contributed by atoms with Crippen LogP contribution in [0.25, 0.3) is 22.2 Å². The lowest BCUT2D eigenvalue weighted by Crippen LogP contribution is -2.56. The van der Waals surface area contributed by atoms with Crippen molar-refractivity contribution < 1.29 is 29.0 Å². The number of carboxylic acids is 1. The Kier molecular flexibility index (Phi) is 9.99. The minimum absolute atomic E-state index is 0.122. The Morgan fingerprint density at radius 1 is 1.06 bits per heavy atom. The molecule has 1 saturated heterocycles. The third kappa shape index (κ3) is 7.03. The van der Waals surface area contributed by atoms with Gasteiger partial charge in [-0.3, -0.25) is 14.4 Å². The average molecular weight is 655 g/mol. The molecule has 10 heteroatoms. The molecule has 0 radical (unpaired) electrons. The molecule has 10 nitrogen and oxygen atoms in total. The second-order valence-electron chi connectivity index (χ2n) is 13.6. The Morgan fingerprint density at radius 2 is 1.85 bits per heavy atom. The van der Waals surface area contributed by atoms with E-state index >= 15 is 0 Å². The summed E-state index contributed by atoms with van der Waals surface area (Å²) in [6.07, 6.45) is 6.29. The molecule has 3 N–H and O–H groups in total. The van der Waals surface area contributed by atoms with Gasteiger partial charge in [0, 0.05) is 29.9 Å². The Morgan fingerprint density at radius 3 is 2.58 bits per heavy atom. The van der Waals surface area contributed by atoms with Crippen molar-refractivity contribution in [3.8, 4) is 17.0 Å². The highest BCUT2D eigenvalue weighted by Crippen LogP contribution is 2.46. The second kappa shape index (κ2) is 14.3. The highest BCUT2D eigenvalue weighted by molar-refractivity contribution is 5.96. The minimum atomic E-state index is -1.33. The molecule has 0 spiro atoms. The van der Waals surface area contributed by atoms with Crippen molar-refractivity contribution in [2.24, 2.45) is 5.92 Å². The molecular weight excluding hydrogens is 608 g/mol. The van der Waals surface area contributed by atoms with E-state index in [2.05, 4.69) is 22.8 Å². The smallest absolute Gasteiger partial charge is 0.329 e. The quantitative estimate of drug-likeness (QED) is 0.295. The number of amides is 3. The molecule has 2 aliphatic heterocycles. The summed E-state index contributed by atoms with van der Waals surface area (Å²) in [5.41, 5.74) is 2.29. The number of ether oxygens (including phenoxy) is 1. The molecule has 3 heterocycles. The molecule has 4 bridgehead atoms. The minimum Gasteiger partial charge on any atom is -0.488 e. The number of rotatable bonds is 8. The third-order valence-electron chi connectivity index (χ3n) is 10.2. The van der Waals surface area contributed by atoms with Gasteiger partial charge in [0.05, 0.1) is 17.8 Å². The maximum atomic E-state index is 14.3. The largest absolute Gasteiger partial charge is 0.488 e. The van der Waals surface area contributed by atoms with E-state index in [1.807, 2.05) is 56.3 Å². The molecule has 5 atom stereocenters. The van der Waals surface area contributed by atoms with Crippen LogP contribution in [0.4, 0.5) is 0 Å². The number of unbranched alkanes of at least 4 members (excludes halogenated alkanes) is 1. The van der Waals surface area contributed by atoms with E-state index in [1.165, 1.54) is 4.90 Å². The first-order valence-electron chi connectivity index (χ1n) is 17.5.